The second kappa shape index (κ2) is 4.96. The van der Waals surface area contributed by atoms with Crippen LogP contribution in [0.25, 0.3) is 0 Å². The highest BCUT2D eigenvalue weighted by molar-refractivity contribution is 5.89. The molecule has 88 valence electrons. The molecule has 1 N–H and O–H groups in total. The predicted molar refractivity (Wildman–Crippen MR) is 52.8 cm³/mol. The molecule has 1 amide bonds. The number of carbonyl (C=O) groups is 1. The fourth-order valence-corrected chi connectivity index (χ4v) is 1.11. The van der Waals surface area contributed by atoms with Crippen molar-refractivity contribution >= 4 is 11.7 Å². The lowest BCUT2D eigenvalue weighted by atomic mass is 10.2. The summed E-state index contributed by atoms with van der Waals surface area (Å²) >= 11 is 0. The second-order valence-corrected chi connectivity index (χ2v) is 3.23. The van der Waals surface area contributed by atoms with Gasteiger partial charge in [-0.15, -0.1) is 0 Å². The van der Waals surface area contributed by atoms with Gasteiger partial charge in [0.05, 0.1) is 5.56 Å². The van der Waals surface area contributed by atoms with E-state index in [4.69, 9.17) is 0 Å². The Morgan fingerprint density at radius 3 is 2.75 bits per heavy atom. The number of alkyl halides is 3. The normalized spacial score (nSPS) is 11.2. The van der Waals surface area contributed by atoms with E-state index in [1.54, 1.807) is 6.92 Å². The van der Waals surface area contributed by atoms with E-state index in [0.717, 1.165) is 18.3 Å². The Labute approximate surface area is 90.7 Å². The molecular formula is C10H11F3N2O. The highest BCUT2D eigenvalue weighted by atomic mass is 19.4. The van der Waals surface area contributed by atoms with Crippen molar-refractivity contribution in [1.29, 1.82) is 0 Å². The van der Waals surface area contributed by atoms with E-state index in [9.17, 15) is 18.0 Å². The lowest BCUT2D eigenvalue weighted by Gasteiger charge is -2.08. The summed E-state index contributed by atoms with van der Waals surface area (Å²) in [6.07, 6.45) is -2.51. The first-order chi connectivity index (χ1) is 7.43. The smallest absolute Gasteiger partial charge is 0.311 e. The van der Waals surface area contributed by atoms with Gasteiger partial charge >= 0.3 is 6.18 Å². The average Bonchev–Trinajstić information content (AvgIpc) is 2.17. The number of anilines is 1. The molecule has 0 aliphatic rings. The third-order valence-corrected chi connectivity index (χ3v) is 1.83. The van der Waals surface area contributed by atoms with Crippen LogP contribution in [0.5, 0.6) is 0 Å². The molecule has 0 saturated carbocycles. The van der Waals surface area contributed by atoms with Gasteiger partial charge in [-0.1, -0.05) is 6.92 Å². The Hall–Kier alpha value is -1.59. The van der Waals surface area contributed by atoms with Crippen molar-refractivity contribution in [2.45, 2.75) is 25.9 Å². The molecule has 16 heavy (non-hydrogen) atoms. The van der Waals surface area contributed by atoms with Crippen molar-refractivity contribution in [3.8, 4) is 0 Å². The number of nitrogens with one attached hydrogen (secondary N) is 1. The standard InChI is InChI=1S/C10H11F3N2O/c1-2-3-9(16)15-8-6-7(4-5-14-8)10(11,12)13/h4-6H,2-3H2,1H3,(H,14,15,16). The Bertz CT molecular complexity index is 377. The lowest BCUT2D eigenvalue weighted by molar-refractivity contribution is -0.137. The highest BCUT2D eigenvalue weighted by Gasteiger charge is 2.30. The van der Waals surface area contributed by atoms with Crippen molar-refractivity contribution in [2.24, 2.45) is 0 Å². The van der Waals surface area contributed by atoms with Crippen LogP contribution in [0.2, 0.25) is 0 Å². The summed E-state index contributed by atoms with van der Waals surface area (Å²) in [7, 11) is 0. The third-order valence-electron chi connectivity index (χ3n) is 1.83. The minimum absolute atomic E-state index is 0.0757. The Morgan fingerprint density at radius 2 is 2.19 bits per heavy atom. The zero-order valence-corrected chi connectivity index (χ0v) is 8.64. The van der Waals surface area contributed by atoms with E-state index in [1.165, 1.54) is 0 Å². The molecule has 1 aromatic rings. The number of hydrogen-bond acceptors (Lipinski definition) is 2. The lowest BCUT2D eigenvalue weighted by Crippen LogP contribution is -2.13. The van der Waals surface area contributed by atoms with E-state index in [0.29, 0.717) is 6.42 Å². The quantitative estimate of drug-likeness (QED) is 0.870. The Kier molecular flexibility index (Phi) is 3.87. The number of hydrogen-bond donors (Lipinski definition) is 1. The SMILES string of the molecule is CCCC(=O)Nc1cc(C(F)(F)F)ccn1. The molecule has 0 atom stereocenters. The maximum Gasteiger partial charge on any atom is 0.416 e. The molecule has 0 unspecified atom stereocenters. The van der Waals surface area contributed by atoms with Crippen molar-refractivity contribution in [3.05, 3.63) is 23.9 Å². The molecule has 6 heteroatoms. The first kappa shape index (κ1) is 12.5. The van der Waals surface area contributed by atoms with Gasteiger partial charge in [0.1, 0.15) is 5.82 Å². The summed E-state index contributed by atoms with van der Waals surface area (Å²) in [6, 6.07) is 1.67. The molecule has 1 rings (SSSR count). The molecule has 0 radical (unpaired) electrons. The van der Waals surface area contributed by atoms with Crippen molar-refractivity contribution in [3.63, 3.8) is 0 Å². The van der Waals surface area contributed by atoms with Gasteiger partial charge in [-0.3, -0.25) is 4.79 Å². The van der Waals surface area contributed by atoms with Crippen LogP contribution in [0, 0.1) is 0 Å². The van der Waals surface area contributed by atoms with E-state index in [-0.39, 0.29) is 18.1 Å². The van der Waals surface area contributed by atoms with Gasteiger partial charge in [0.25, 0.3) is 0 Å². The number of carbonyl (C=O) groups excluding carboxylic acids is 1. The molecule has 0 spiro atoms. The molecule has 0 aliphatic carbocycles. The van der Waals surface area contributed by atoms with E-state index < -0.39 is 11.7 Å². The first-order valence-corrected chi connectivity index (χ1v) is 4.76. The largest absolute Gasteiger partial charge is 0.416 e. The summed E-state index contributed by atoms with van der Waals surface area (Å²) in [5.74, 6) is -0.414. The zero-order chi connectivity index (χ0) is 12.2. The number of amides is 1. The number of rotatable bonds is 3. The van der Waals surface area contributed by atoms with Gasteiger partial charge in [-0.25, -0.2) is 4.98 Å². The van der Waals surface area contributed by atoms with Crippen molar-refractivity contribution in [2.75, 3.05) is 5.32 Å². The Morgan fingerprint density at radius 1 is 1.50 bits per heavy atom. The number of pyridine rings is 1. The highest BCUT2D eigenvalue weighted by Crippen LogP contribution is 2.29. The van der Waals surface area contributed by atoms with Gasteiger partial charge in [-0.2, -0.15) is 13.2 Å². The molecular weight excluding hydrogens is 221 g/mol. The van der Waals surface area contributed by atoms with Crippen LogP contribution >= 0.6 is 0 Å². The average molecular weight is 232 g/mol. The molecule has 0 bridgehead atoms. The second-order valence-electron chi connectivity index (χ2n) is 3.23. The van der Waals surface area contributed by atoms with Gasteiger partial charge < -0.3 is 5.32 Å². The fraction of sp³-hybridized carbons (Fsp3) is 0.400. The minimum Gasteiger partial charge on any atom is -0.311 e. The maximum absolute atomic E-state index is 12.3. The van der Waals surface area contributed by atoms with Crippen LogP contribution < -0.4 is 5.32 Å². The van der Waals surface area contributed by atoms with E-state index in [1.807, 2.05) is 0 Å². The monoisotopic (exact) mass is 232 g/mol. The van der Waals surface area contributed by atoms with Crippen LogP contribution in [-0.2, 0) is 11.0 Å². The van der Waals surface area contributed by atoms with Crippen molar-refractivity contribution < 1.29 is 18.0 Å². The summed E-state index contributed by atoms with van der Waals surface area (Å²) in [5, 5.41) is 2.31. The molecule has 0 aromatic carbocycles. The minimum atomic E-state index is -4.42. The Balaban J connectivity index is 2.79. The number of halogens is 3. The zero-order valence-electron chi connectivity index (χ0n) is 8.64. The van der Waals surface area contributed by atoms with Gasteiger partial charge in [0.15, 0.2) is 0 Å². The molecule has 0 aliphatic heterocycles. The number of nitrogens with zero attached hydrogens (tertiary/aromatic N) is 1. The van der Waals surface area contributed by atoms with Gasteiger partial charge in [0.2, 0.25) is 5.91 Å². The van der Waals surface area contributed by atoms with Crippen molar-refractivity contribution in [1.82, 2.24) is 4.98 Å². The number of aromatic nitrogens is 1. The summed E-state index contributed by atoms with van der Waals surface area (Å²) in [6.45, 7) is 1.80. The fourth-order valence-electron chi connectivity index (χ4n) is 1.11. The molecule has 0 saturated heterocycles. The van der Waals surface area contributed by atoms with Gasteiger partial charge in [0, 0.05) is 12.6 Å². The molecule has 1 aromatic heterocycles. The van der Waals surface area contributed by atoms with E-state index in [2.05, 4.69) is 10.3 Å². The third kappa shape index (κ3) is 3.52. The van der Waals surface area contributed by atoms with Crippen LogP contribution in [0.15, 0.2) is 18.3 Å². The van der Waals surface area contributed by atoms with Crippen LogP contribution in [-0.4, -0.2) is 10.9 Å². The summed E-state index contributed by atoms with van der Waals surface area (Å²) < 4.78 is 36.9. The van der Waals surface area contributed by atoms with Crippen LogP contribution in [0.3, 0.4) is 0 Å². The first-order valence-electron chi connectivity index (χ1n) is 4.76. The summed E-state index contributed by atoms with van der Waals surface area (Å²) in [5.41, 5.74) is -0.825. The topological polar surface area (TPSA) is 42.0 Å². The summed E-state index contributed by atoms with van der Waals surface area (Å²) in [4.78, 5) is 14.8. The van der Waals surface area contributed by atoms with Gasteiger partial charge in [-0.05, 0) is 18.6 Å². The molecule has 3 nitrogen and oxygen atoms in total. The van der Waals surface area contributed by atoms with Crippen LogP contribution in [0.4, 0.5) is 19.0 Å². The van der Waals surface area contributed by atoms with E-state index >= 15 is 0 Å². The molecule has 0 fully saturated rings. The molecule has 1 heterocycles. The predicted octanol–water partition coefficient (Wildman–Crippen LogP) is 2.84. The maximum atomic E-state index is 12.3. The van der Waals surface area contributed by atoms with Crippen LogP contribution in [0.1, 0.15) is 25.3 Å².